The van der Waals surface area contributed by atoms with Crippen LogP contribution in [0.4, 0.5) is 17.6 Å². The van der Waals surface area contributed by atoms with Crippen molar-refractivity contribution in [3.05, 3.63) is 48.7 Å². The molecular formula is C18H15F4N3O. The van der Waals surface area contributed by atoms with Crippen LogP contribution in [-0.4, -0.2) is 26.4 Å². The number of alkyl halides is 4. The van der Waals surface area contributed by atoms with E-state index >= 15 is 0 Å². The molecule has 0 atom stereocenters. The van der Waals surface area contributed by atoms with E-state index in [9.17, 15) is 17.6 Å². The van der Waals surface area contributed by atoms with Crippen molar-refractivity contribution < 1.29 is 22.3 Å². The van der Waals surface area contributed by atoms with Gasteiger partial charge in [0.1, 0.15) is 11.6 Å². The van der Waals surface area contributed by atoms with Crippen LogP contribution in [0.15, 0.2) is 42.9 Å². The van der Waals surface area contributed by atoms with Crippen molar-refractivity contribution in [2.45, 2.75) is 37.7 Å². The zero-order valence-electron chi connectivity index (χ0n) is 13.8. The van der Waals surface area contributed by atoms with Crippen LogP contribution in [0.25, 0.3) is 16.8 Å². The molecule has 0 radical (unpaired) electrons. The summed E-state index contributed by atoms with van der Waals surface area (Å²) in [5, 5.41) is 0. The number of benzene rings is 1. The Bertz CT molecular complexity index is 939. The Morgan fingerprint density at radius 3 is 2.38 bits per heavy atom. The average molecular weight is 365 g/mol. The Hall–Kier alpha value is -2.64. The molecule has 1 saturated carbocycles. The molecule has 0 aliphatic heterocycles. The Kier molecular flexibility index (Phi) is 3.68. The Morgan fingerprint density at radius 1 is 1.08 bits per heavy atom. The first-order valence-electron chi connectivity index (χ1n) is 8.08. The number of hydrogen-bond acceptors (Lipinski definition) is 3. The van der Waals surface area contributed by atoms with E-state index in [4.69, 9.17) is 0 Å². The normalized spacial score (nSPS) is 17.3. The first kappa shape index (κ1) is 16.8. The van der Waals surface area contributed by atoms with Crippen LogP contribution in [0.5, 0.6) is 5.75 Å². The maximum Gasteiger partial charge on any atom is 0.394 e. The zero-order valence-corrected chi connectivity index (χ0v) is 13.8. The van der Waals surface area contributed by atoms with Crippen LogP contribution in [0, 0.1) is 0 Å². The van der Waals surface area contributed by atoms with Gasteiger partial charge in [-0.05, 0) is 17.7 Å². The third-order valence-electron chi connectivity index (χ3n) is 4.35. The molecule has 26 heavy (non-hydrogen) atoms. The molecule has 1 aromatic carbocycles. The minimum Gasteiger partial charge on any atom is -0.433 e. The maximum absolute atomic E-state index is 13.2. The molecule has 0 amide bonds. The van der Waals surface area contributed by atoms with E-state index in [0.717, 1.165) is 11.1 Å². The number of imidazole rings is 1. The molecule has 3 aromatic rings. The predicted octanol–water partition coefficient (Wildman–Crippen LogP) is 4.90. The molecule has 1 aliphatic rings. The summed E-state index contributed by atoms with van der Waals surface area (Å²) >= 11 is 0. The van der Waals surface area contributed by atoms with Gasteiger partial charge < -0.3 is 4.74 Å². The predicted molar refractivity (Wildman–Crippen MR) is 86.6 cm³/mol. The van der Waals surface area contributed by atoms with Gasteiger partial charge in [0.2, 0.25) is 5.92 Å². The lowest BCUT2D eigenvalue weighted by atomic mass is 9.81. The van der Waals surface area contributed by atoms with Gasteiger partial charge in [-0.25, -0.2) is 18.7 Å². The van der Waals surface area contributed by atoms with Crippen molar-refractivity contribution in [1.29, 1.82) is 0 Å². The molecule has 1 aliphatic carbocycles. The Labute approximate surface area is 146 Å². The van der Waals surface area contributed by atoms with E-state index in [1.165, 1.54) is 12.1 Å². The van der Waals surface area contributed by atoms with Crippen molar-refractivity contribution in [3.63, 3.8) is 0 Å². The highest BCUT2D eigenvalue weighted by atomic mass is 19.3. The molecule has 0 spiro atoms. The number of nitrogens with zero attached hydrogens (tertiary/aromatic N) is 3. The number of ether oxygens (including phenoxy) is 1. The van der Waals surface area contributed by atoms with Crippen molar-refractivity contribution in [1.82, 2.24) is 14.4 Å². The topological polar surface area (TPSA) is 39.4 Å². The van der Waals surface area contributed by atoms with Gasteiger partial charge in [0.15, 0.2) is 5.65 Å². The first-order valence-corrected chi connectivity index (χ1v) is 8.08. The van der Waals surface area contributed by atoms with Crippen molar-refractivity contribution in [2.75, 3.05) is 0 Å². The Balaban J connectivity index is 1.63. The summed E-state index contributed by atoms with van der Waals surface area (Å²) in [4.78, 5) is 8.53. The highest BCUT2D eigenvalue weighted by Gasteiger charge is 2.47. The monoisotopic (exact) mass is 365 g/mol. The fourth-order valence-electron chi connectivity index (χ4n) is 3.12. The van der Waals surface area contributed by atoms with Crippen LogP contribution in [0.2, 0.25) is 0 Å². The molecule has 2 heterocycles. The lowest BCUT2D eigenvalue weighted by molar-refractivity contribution is -0.158. The SMILES string of the molecule is CC(F)(F)Oc1ccc(-c2cnc3cnc(C4CC(F)(F)C4)n3c2)cc1. The molecule has 8 heteroatoms. The lowest BCUT2D eigenvalue weighted by Crippen LogP contribution is -2.34. The number of halogens is 4. The molecule has 0 N–H and O–H groups in total. The van der Waals surface area contributed by atoms with Crippen LogP contribution >= 0.6 is 0 Å². The van der Waals surface area contributed by atoms with Gasteiger partial charge in [0.25, 0.3) is 0 Å². The number of hydrogen-bond donors (Lipinski definition) is 0. The fraction of sp³-hybridized carbons (Fsp3) is 0.333. The quantitative estimate of drug-likeness (QED) is 0.618. The van der Waals surface area contributed by atoms with E-state index in [1.807, 2.05) is 0 Å². The van der Waals surface area contributed by atoms with E-state index < -0.39 is 12.0 Å². The average Bonchev–Trinajstić information content (AvgIpc) is 2.94. The van der Waals surface area contributed by atoms with Crippen molar-refractivity contribution in [3.8, 4) is 16.9 Å². The van der Waals surface area contributed by atoms with Crippen LogP contribution in [-0.2, 0) is 0 Å². The molecule has 2 aromatic heterocycles. The highest BCUT2D eigenvalue weighted by molar-refractivity contribution is 5.64. The summed E-state index contributed by atoms with van der Waals surface area (Å²) < 4.78 is 58.3. The second-order valence-corrected chi connectivity index (χ2v) is 6.58. The highest BCUT2D eigenvalue weighted by Crippen LogP contribution is 2.47. The minimum absolute atomic E-state index is 0.0512. The standard InChI is InChI=1S/C18H15F4N3O/c1-17(19,20)26-14-4-2-11(3-5-14)13-8-23-15-9-24-16(25(15)10-13)12-6-18(21,22)7-12/h2-5,8-10,12H,6-7H2,1H3. The summed E-state index contributed by atoms with van der Waals surface area (Å²) in [6.07, 6.45) is 1.27. The second-order valence-electron chi connectivity index (χ2n) is 6.58. The van der Waals surface area contributed by atoms with E-state index in [-0.39, 0.29) is 24.5 Å². The number of fused-ring (bicyclic) bond motifs is 1. The fourth-order valence-corrected chi connectivity index (χ4v) is 3.12. The third-order valence-corrected chi connectivity index (χ3v) is 4.35. The van der Waals surface area contributed by atoms with Gasteiger partial charge in [-0.2, -0.15) is 8.78 Å². The third kappa shape index (κ3) is 3.23. The summed E-state index contributed by atoms with van der Waals surface area (Å²) in [6.45, 7) is 0.670. The minimum atomic E-state index is -3.25. The number of rotatable bonds is 4. The summed E-state index contributed by atoms with van der Waals surface area (Å²) in [5.74, 6) is -2.31. The maximum atomic E-state index is 13.2. The van der Waals surface area contributed by atoms with E-state index in [2.05, 4.69) is 14.7 Å². The molecular weight excluding hydrogens is 350 g/mol. The van der Waals surface area contributed by atoms with Crippen molar-refractivity contribution in [2.24, 2.45) is 0 Å². The first-order chi connectivity index (χ1) is 12.2. The molecule has 4 nitrogen and oxygen atoms in total. The lowest BCUT2D eigenvalue weighted by Gasteiger charge is -2.33. The van der Waals surface area contributed by atoms with Gasteiger partial charge in [-0.3, -0.25) is 4.40 Å². The molecule has 0 unspecified atom stereocenters. The van der Waals surface area contributed by atoms with Crippen molar-refractivity contribution >= 4 is 5.65 Å². The van der Waals surface area contributed by atoms with E-state index in [1.54, 1.807) is 35.1 Å². The van der Waals surface area contributed by atoms with Gasteiger partial charge in [0.05, 0.1) is 6.20 Å². The van der Waals surface area contributed by atoms with Gasteiger partial charge in [0, 0.05) is 43.6 Å². The van der Waals surface area contributed by atoms with E-state index in [0.29, 0.717) is 18.4 Å². The Morgan fingerprint density at radius 2 is 1.77 bits per heavy atom. The molecule has 0 bridgehead atoms. The summed E-state index contributed by atoms with van der Waals surface area (Å²) in [6, 6.07) is 6.16. The largest absolute Gasteiger partial charge is 0.433 e. The van der Waals surface area contributed by atoms with Gasteiger partial charge >= 0.3 is 6.11 Å². The molecule has 136 valence electrons. The van der Waals surface area contributed by atoms with Crippen LogP contribution in [0.3, 0.4) is 0 Å². The zero-order chi connectivity index (χ0) is 18.5. The summed E-state index contributed by atoms with van der Waals surface area (Å²) in [7, 11) is 0. The van der Waals surface area contributed by atoms with Crippen LogP contribution in [0.1, 0.15) is 31.5 Å². The molecule has 0 saturated heterocycles. The van der Waals surface area contributed by atoms with Crippen LogP contribution < -0.4 is 4.74 Å². The summed E-state index contributed by atoms with van der Waals surface area (Å²) in [5.41, 5.74) is 2.03. The van der Waals surface area contributed by atoms with Gasteiger partial charge in [-0.15, -0.1) is 0 Å². The number of aromatic nitrogens is 3. The van der Waals surface area contributed by atoms with Gasteiger partial charge in [-0.1, -0.05) is 12.1 Å². The molecule has 1 fully saturated rings. The second kappa shape index (κ2) is 5.69. The smallest absolute Gasteiger partial charge is 0.394 e. The molecule has 4 rings (SSSR count).